The zero-order valence-electron chi connectivity index (χ0n) is 15.6. The smallest absolute Gasteiger partial charge is 0.333 e. The van der Waals surface area contributed by atoms with Gasteiger partial charge >= 0.3 is 6.55 Å². The Morgan fingerprint density at radius 1 is 1.43 bits per heavy atom. The van der Waals surface area contributed by atoms with Crippen LogP contribution in [0.25, 0.3) is 11.0 Å². The van der Waals surface area contributed by atoms with Crippen molar-refractivity contribution in [3.63, 3.8) is 0 Å². The molecule has 1 atom stereocenters. The Labute approximate surface area is 174 Å². The van der Waals surface area contributed by atoms with E-state index in [1.807, 2.05) is 0 Å². The molecule has 1 aliphatic heterocycles. The average Bonchev–Trinajstić information content (AvgIpc) is 3.35. The highest BCUT2D eigenvalue weighted by Gasteiger charge is 2.24. The van der Waals surface area contributed by atoms with Crippen molar-refractivity contribution in [1.29, 1.82) is 0 Å². The quantitative estimate of drug-likeness (QED) is 0.507. The van der Waals surface area contributed by atoms with Crippen LogP contribution < -0.4 is 10.6 Å². The van der Waals surface area contributed by atoms with Crippen molar-refractivity contribution in [2.75, 3.05) is 23.7 Å². The fraction of sp³-hybridized carbons (Fsp3) is 0.353. The van der Waals surface area contributed by atoms with Gasteiger partial charge in [-0.05, 0) is 18.9 Å². The molecule has 0 spiro atoms. The predicted molar refractivity (Wildman–Crippen MR) is 107 cm³/mol. The first-order valence-corrected chi connectivity index (χ1v) is 9.51. The van der Waals surface area contributed by atoms with Gasteiger partial charge in [0.15, 0.2) is 5.65 Å². The van der Waals surface area contributed by atoms with Crippen LogP contribution in [0, 0.1) is 0 Å². The summed E-state index contributed by atoms with van der Waals surface area (Å²) >= 11 is 6.21. The Morgan fingerprint density at radius 2 is 2.27 bits per heavy atom. The lowest BCUT2D eigenvalue weighted by molar-refractivity contribution is -0.127. The highest BCUT2D eigenvalue weighted by molar-refractivity contribution is 6.35. The first-order chi connectivity index (χ1) is 14.4. The second kappa shape index (κ2) is 8.22. The molecule has 0 saturated carbocycles. The van der Waals surface area contributed by atoms with Gasteiger partial charge in [0.05, 0.1) is 18.1 Å². The lowest BCUT2D eigenvalue weighted by Gasteiger charge is -2.32. The Kier molecular flexibility index (Phi) is 5.48. The molecule has 30 heavy (non-hydrogen) atoms. The van der Waals surface area contributed by atoms with Gasteiger partial charge in [-0.15, -0.1) is 0 Å². The summed E-state index contributed by atoms with van der Waals surface area (Å²) in [6, 6.07) is -0.0684. The molecule has 3 aromatic heterocycles. The summed E-state index contributed by atoms with van der Waals surface area (Å²) in [6.07, 6.45) is 5.32. The number of amides is 1. The third-order valence-corrected chi connectivity index (χ3v) is 4.95. The third kappa shape index (κ3) is 4.03. The molecule has 158 valence electrons. The zero-order valence-corrected chi connectivity index (χ0v) is 16.4. The highest BCUT2D eigenvalue weighted by atomic mass is 35.5. The van der Waals surface area contributed by atoms with Gasteiger partial charge in [-0.25, -0.2) is 4.68 Å². The highest BCUT2D eigenvalue weighted by Crippen LogP contribution is 2.29. The van der Waals surface area contributed by atoms with Crippen LogP contribution in [0.1, 0.15) is 19.4 Å². The van der Waals surface area contributed by atoms with Crippen molar-refractivity contribution in [1.82, 2.24) is 34.8 Å². The summed E-state index contributed by atoms with van der Waals surface area (Å²) in [6.45, 7) is 1.92. The number of anilines is 3. The fourth-order valence-corrected chi connectivity index (χ4v) is 3.52. The van der Waals surface area contributed by atoms with Crippen molar-refractivity contribution in [2.45, 2.75) is 25.4 Å². The van der Waals surface area contributed by atoms with Crippen LogP contribution in [0.3, 0.4) is 0 Å². The van der Waals surface area contributed by atoms with Gasteiger partial charge in [0.25, 0.3) is 0 Å². The van der Waals surface area contributed by atoms with Crippen molar-refractivity contribution < 1.29 is 13.6 Å². The van der Waals surface area contributed by atoms with Gasteiger partial charge in [0, 0.05) is 19.1 Å². The molecule has 13 heteroatoms. The van der Waals surface area contributed by atoms with E-state index in [0.29, 0.717) is 40.3 Å². The molecule has 4 rings (SSSR count). The van der Waals surface area contributed by atoms with Crippen molar-refractivity contribution >= 4 is 46.0 Å². The summed E-state index contributed by atoms with van der Waals surface area (Å²) in [4.78, 5) is 22.4. The normalized spacial score (nSPS) is 16.8. The minimum absolute atomic E-state index is 0.0684. The number of hydrogen-bond acceptors (Lipinski definition) is 7. The molecule has 0 radical (unpaired) electrons. The van der Waals surface area contributed by atoms with Crippen LogP contribution in [0.5, 0.6) is 0 Å². The van der Waals surface area contributed by atoms with Crippen LogP contribution in [-0.2, 0) is 4.79 Å². The van der Waals surface area contributed by atoms with Crippen molar-refractivity contribution in [3.05, 3.63) is 30.2 Å². The maximum atomic E-state index is 12.7. The van der Waals surface area contributed by atoms with Crippen LogP contribution in [0.2, 0.25) is 5.15 Å². The van der Waals surface area contributed by atoms with E-state index >= 15 is 0 Å². The summed E-state index contributed by atoms with van der Waals surface area (Å²) in [5, 5.41) is 17.2. The Bertz CT molecular complexity index is 1080. The zero-order chi connectivity index (χ0) is 21.3. The standard InChI is InChI=1S/C17H18ClF2N9O/c1-2-11(30)28-5-3-4-9(7-28)22-14-12-13(18)26-27-15(12)25-17(24-14)23-10-6-21-29(8-10)16(19)20/h2,6,8-9,16H,1,3-5,7H2,(H3,22,23,24,25,26,27)/t9-/m1/s1. The summed E-state index contributed by atoms with van der Waals surface area (Å²) < 4.78 is 26.0. The second-order valence-corrected chi connectivity index (χ2v) is 7.09. The van der Waals surface area contributed by atoms with Crippen LogP contribution in [0.4, 0.5) is 26.2 Å². The number of hydrogen-bond donors (Lipinski definition) is 3. The topological polar surface area (TPSA) is 117 Å². The molecule has 10 nitrogen and oxygen atoms in total. The molecule has 3 aromatic rings. The largest absolute Gasteiger partial charge is 0.365 e. The number of carbonyl (C=O) groups is 1. The van der Waals surface area contributed by atoms with E-state index in [-0.39, 0.29) is 23.1 Å². The monoisotopic (exact) mass is 437 g/mol. The van der Waals surface area contributed by atoms with E-state index < -0.39 is 6.55 Å². The van der Waals surface area contributed by atoms with Crippen LogP contribution >= 0.6 is 11.6 Å². The molecular formula is C17H18ClF2N9O. The van der Waals surface area contributed by atoms with Gasteiger partial charge < -0.3 is 15.5 Å². The summed E-state index contributed by atoms with van der Waals surface area (Å²) in [5.41, 5.74) is 0.596. The van der Waals surface area contributed by atoms with Gasteiger partial charge in [0.2, 0.25) is 11.9 Å². The van der Waals surface area contributed by atoms with E-state index in [1.54, 1.807) is 4.90 Å². The number of aromatic amines is 1. The number of carbonyl (C=O) groups excluding carboxylic acids is 1. The maximum absolute atomic E-state index is 12.7. The number of halogens is 3. The van der Waals surface area contributed by atoms with Gasteiger partial charge in [0.1, 0.15) is 16.4 Å². The first kappa shape index (κ1) is 20.0. The molecule has 1 fully saturated rings. The molecule has 0 aromatic carbocycles. The first-order valence-electron chi connectivity index (χ1n) is 9.13. The molecule has 0 bridgehead atoms. The van der Waals surface area contributed by atoms with E-state index in [4.69, 9.17) is 11.6 Å². The summed E-state index contributed by atoms with van der Waals surface area (Å²) in [5.74, 6) is 0.422. The molecule has 0 aliphatic carbocycles. The Morgan fingerprint density at radius 3 is 3.00 bits per heavy atom. The number of piperidine rings is 1. The fourth-order valence-electron chi connectivity index (χ4n) is 3.31. The number of nitrogens with one attached hydrogen (secondary N) is 3. The number of rotatable bonds is 6. The molecule has 3 N–H and O–H groups in total. The molecular weight excluding hydrogens is 420 g/mol. The number of nitrogens with zero attached hydrogens (tertiary/aromatic N) is 6. The Balaban J connectivity index is 1.60. The number of likely N-dealkylation sites (tertiary alicyclic amines) is 1. The van der Waals surface area contributed by atoms with E-state index in [2.05, 4.69) is 42.5 Å². The number of aromatic nitrogens is 6. The van der Waals surface area contributed by atoms with Gasteiger partial charge in [-0.2, -0.15) is 28.9 Å². The molecule has 1 amide bonds. The second-order valence-electron chi connectivity index (χ2n) is 6.72. The third-order valence-electron chi connectivity index (χ3n) is 4.68. The van der Waals surface area contributed by atoms with Gasteiger partial charge in [-0.3, -0.25) is 9.89 Å². The van der Waals surface area contributed by atoms with Gasteiger partial charge in [-0.1, -0.05) is 18.2 Å². The lowest BCUT2D eigenvalue weighted by atomic mass is 10.1. The SMILES string of the molecule is C=CC(=O)N1CCC[C@@H](Nc2nc(Nc3cnn(C(F)F)c3)nc3n[nH]c(Cl)c23)C1. The minimum atomic E-state index is -2.75. The number of fused-ring (bicyclic) bond motifs is 1. The average molecular weight is 438 g/mol. The van der Waals surface area contributed by atoms with E-state index in [0.717, 1.165) is 19.0 Å². The van der Waals surface area contributed by atoms with Crippen molar-refractivity contribution in [2.24, 2.45) is 0 Å². The Hall–Kier alpha value is -3.28. The lowest BCUT2D eigenvalue weighted by Crippen LogP contribution is -2.44. The summed E-state index contributed by atoms with van der Waals surface area (Å²) in [7, 11) is 0. The minimum Gasteiger partial charge on any atom is -0.365 e. The van der Waals surface area contributed by atoms with Crippen LogP contribution in [-0.4, -0.2) is 59.9 Å². The molecule has 1 aliphatic rings. The number of alkyl halides is 2. The molecule has 4 heterocycles. The number of H-pyrrole nitrogens is 1. The van der Waals surface area contributed by atoms with E-state index in [9.17, 15) is 13.6 Å². The predicted octanol–water partition coefficient (Wildman–Crippen LogP) is 2.93. The van der Waals surface area contributed by atoms with E-state index in [1.165, 1.54) is 12.3 Å². The van der Waals surface area contributed by atoms with Crippen LogP contribution in [0.15, 0.2) is 25.0 Å². The van der Waals surface area contributed by atoms with Crippen molar-refractivity contribution in [3.8, 4) is 0 Å². The molecule has 1 saturated heterocycles. The molecule has 0 unspecified atom stereocenters. The maximum Gasteiger partial charge on any atom is 0.333 e.